The van der Waals surface area contributed by atoms with Crippen molar-refractivity contribution in [3.63, 3.8) is 0 Å². The molecule has 3 heterocycles. The Labute approximate surface area is 249 Å². The Morgan fingerprint density at radius 2 is 1.79 bits per heavy atom. The van der Waals surface area contributed by atoms with E-state index in [1.807, 2.05) is 54.6 Å². The normalized spacial score (nSPS) is 24.9. The molecule has 0 radical (unpaired) electrons. The van der Waals surface area contributed by atoms with Crippen LogP contribution in [0.5, 0.6) is 0 Å². The number of piperidine rings is 1. The number of rotatable bonds is 6. The zero-order chi connectivity index (χ0) is 29.4. The number of hydrogen-bond acceptors (Lipinski definition) is 5. The van der Waals surface area contributed by atoms with Crippen molar-refractivity contribution < 1.29 is 19.1 Å². The van der Waals surface area contributed by atoms with E-state index in [1.54, 1.807) is 0 Å². The van der Waals surface area contributed by atoms with Crippen molar-refractivity contribution in [1.82, 2.24) is 15.5 Å². The number of para-hydroxylation sites is 1. The molecular formula is C34H44N4O4. The summed E-state index contributed by atoms with van der Waals surface area (Å²) in [7, 11) is 0. The summed E-state index contributed by atoms with van der Waals surface area (Å²) in [6, 6.07) is 17.1. The zero-order valence-corrected chi connectivity index (χ0v) is 24.6. The maximum Gasteiger partial charge on any atom is 0.243 e. The highest BCUT2D eigenvalue weighted by Crippen LogP contribution is 2.36. The lowest BCUT2D eigenvalue weighted by atomic mass is 9.75. The molecule has 1 spiro atoms. The van der Waals surface area contributed by atoms with Gasteiger partial charge < -0.3 is 20.7 Å². The van der Waals surface area contributed by atoms with Gasteiger partial charge in [0.05, 0.1) is 12.0 Å². The van der Waals surface area contributed by atoms with Gasteiger partial charge in [-0.3, -0.25) is 19.3 Å². The fourth-order valence-corrected chi connectivity index (χ4v) is 6.54. The number of carbonyl (C=O) groups is 3. The Balaban J connectivity index is 1.31. The van der Waals surface area contributed by atoms with Gasteiger partial charge in [0.2, 0.25) is 17.7 Å². The second kappa shape index (κ2) is 14.1. The molecule has 3 aliphatic rings. The number of amides is 3. The van der Waals surface area contributed by atoms with Crippen molar-refractivity contribution in [2.45, 2.75) is 64.0 Å². The van der Waals surface area contributed by atoms with Gasteiger partial charge in [0.25, 0.3) is 0 Å². The Kier molecular flexibility index (Phi) is 10.1. The first-order valence-electron chi connectivity index (χ1n) is 15.4. The van der Waals surface area contributed by atoms with Crippen LogP contribution in [-0.4, -0.2) is 67.6 Å². The monoisotopic (exact) mass is 572 g/mol. The Bertz CT molecular complexity index is 1260. The van der Waals surface area contributed by atoms with Crippen LogP contribution in [-0.2, 0) is 32.0 Å². The molecule has 0 saturated carbocycles. The third kappa shape index (κ3) is 7.47. The lowest BCUT2D eigenvalue weighted by Crippen LogP contribution is -2.58. The maximum absolute atomic E-state index is 13.8. The van der Waals surface area contributed by atoms with Gasteiger partial charge in [0.15, 0.2) is 0 Å². The molecule has 0 bridgehead atoms. The number of hydrogen-bond donors (Lipinski definition) is 3. The van der Waals surface area contributed by atoms with E-state index in [4.69, 9.17) is 4.74 Å². The fourth-order valence-electron chi connectivity index (χ4n) is 6.54. The van der Waals surface area contributed by atoms with E-state index in [1.165, 1.54) is 0 Å². The van der Waals surface area contributed by atoms with E-state index in [9.17, 15) is 14.4 Å². The van der Waals surface area contributed by atoms with Gasteiger partial charge in [-0.2, -0.15) is 0 Å². The molecule has 2 fully saturated rings. The van der Waals surface area contributed by atoms with E-state index in [0.717, 1.165) is 36.1 Å². The number of nitrogens with one attached hydrogen (secondary N) is 3. The highest BCUT2D eigenvalue weighted by atomic mass is 16.5. The van der Waals surface area contributed by atoms with Crippen LogP contribution in [0.1, 0.15) is 50.2 Å². The van der Waals surface area contributed by atoms with Crippen molar-refractivity contribution in [3.8, 4) is 0 Å². The van der Waals surface area contributed by atoms with Gasteiger partial charge in [-0.25, -0.2) is 0 Å². The third-order valence-electron chi connectivity index (χ3n) is 9.14. The van der Waals surface area contributed by atoms with E-state index in [2.05, 4.69) is 39.9 Å². The topological polar surface area (TPSA) is 99.8 Å². The minimum absolute atomic E-state index is 0.0193. The van der Waals surface area contributed by atoms with Gasteiger partial charge >= 0.3 is 0 Å². The fraction of sp³-hybridized carbons (Fsp3) is 0.500. The van der Waals surface area contributed by atoms with Crippen LogP contribution in [0.15, 0.2) is 66.7 Å². The second-order valence-electron chi connectivity index (χ2n) is 12.0. The molecular weight excluding hydrogens is 528 g/mol. The average Bonchev–Trinajstić information content (AvgIpc) is 3.00. The van der Waals surface area contributed by atoms with Gasteiger partial charge in [-0.15, -0.1) is 0 Å². The van der Waals surface area contributed by atoms with Crippen molar-refractivity contribution in [2.24, 2.45) is 11.3 Å². The highest BCUT2D eigenvalue weighted by Gasteiger charge is 2.41. The summed E-state index contributed by atoms with van der Waals surface area (Å²) in [6.07, 6.45) is 9.03. The molecule has 0 aromatic heterocycles. The molecule has 8 nitrogen and oxygen atoms in total. The van der Waals surface area contributed by atoms with Crippen molar-refractivity contribution >= 4 is 23.4 Å². The Morgan fingerprint density at radius 1 is 1.02 bits per heavy atom. The molecule has 3 N–H and O–H groups in total. The molecule has 2 saturated heterocycles. The van der Waals surface area contributed by atoms with Crippen LogP contribution in [0.3, 0.4) is 0 Å². The lowest BCUT2D eigenvalue weighted by Gasteiger charge is -2.40. The van der Waals surface area contributed by atoms with Gasteiger partial charge in [0, 0.05) is 44.5 Å². The zero-order valence-electron chi connectivity index (χ0n) is 24.6. The summed E-state index contributed by atoms with van der Waals surface area (Å²) >= 11 is 0. The molecule has 42 heavy (non-hydrogen) atoms. The smallest absolute Gasteiger partial charge is 0.243 e. The second-order valence-corrected chi connectivity index (χ2v) is 12.0. The van der Waals surface area contributed by atoms with Crippen molar-refractivity contribution in [1.29, 1.82) is 0 Å². The van der Waals surface area contributed by atoms with Crippen LogP contribution >= 0.6 is 0 Å². The predicted molar refractivity (Wildman–Crippen MR) is 164 cm³/mol. The van der Waals surface area contributed by atoms with Crippen LogP contribution < -0.4 is 16.0 Å². The molecule has 224 valence electrons. The first kappa shape index (κ1) is 30.0. The Morgan fingerprint density at radius 3 is 2.57 bits per heavy atom. The third-order valence-corrected chi connectivity index (χ3v) is 9.14. The summed E-state index contributed by atoms with van der Waals surface area (Å²) < 4.78 is 5.60. The van der Waals surface area contributed by atoms with E-state index in [-0.39, 0.29) is 29.7 Å². The number of likely N-dealkylation sites (tertiary alicyclic amines) is 1. The number of aryl methyl sites for hydroxylation is 1. The molecule has 0 unspecified atom stereocenters. The number of benzene rings is 2. The molecule has 5 rings (SSSR count). The summed E-state index contributed by atoms with van der Waals surface area (Å²) in [5, 5.41) is 9.56. The number of ether oxygens (including phenoxy) is 1. The molecule has 2 aromatic carbocycles. The lowest BCUT2D eigenvalue weighted by molar-refractivity contribution is -0.140. The number of carbonyl (C=O) groups excluding carboxylic acids is 3. The molecule has 3 amide bonds. The number of nitrogens with zero attached hydrogens (tertiary/aromatic N) is 1. The van der Waals surface area contributed by atoms with Gasteiger partial charge in [-0.1, -0.05) is 67.6 Å². The van der Waals surface area contributed by atoms with E-state index < -0.39 is 11.5 Å². The standard InChI is InChI=1S/C34H44N4O4/c1-2-26-12-6-7-14-28(26)35-31(39)24-38-19-15-29-27(23-38)13-8-9-16-34(17-20-42-21-18-34)33(41)37-30(32(40)36-29)22-25-10-4-3-5-11-25/h3-12,14,27,29-30H,2,13,15-24H2,1H3,(H,35,39)(H,36,40)(H,37,41)/t27-,29+,30+/m1/s1. The minimum Gasteiger partial charge on any atom is -0.381 e. The highest BCUT2D eigenvalue weighted by molar-refractivity contribution is 5.93. The average molecular weight is 573 g/mol. The van der Waals surface area contributed by atoms with Gasteiger partial charge in [-0.05, 0) is 61.6 Å². The first-order valence-corrected chi connectivity index (χ1v) is 15.4. The molecule has 3 aliphatic heterocycles. The van der Waals surface area contributed by atoms with Crippen LogP contribution in [0, 0.1) is 11.3 Å². The molecule has 0 aliphatic carbocycles. The largest absolute Gasteiger partial charge is 0.381 e. The maximum atomic E-state index is 13.8. The van der Waals surface area contributed by atoms with Crippen LogP contribution in [0.2, 0.25) is 0 Å². The van der Waals surface area contributed by atoms with Crippen molar-refractivity contribution in [2.75, 3.05) is 38.2 Å². The summed E-state index contributed by atoms with van der Waals surface area (Å²) in [5.41, 5.74) is 2.42. The molecule has 3 atom stereocenters. The summed E-state index contributed by atoms with van der Waals surface area (Å²) in [6.45, 7) is 4.91. The summed E-state index contributed by atoms with van der Waals surface area (Å²) in [5.74, 6) is -0.0625. The van der Waals surface area contributed by atoms with Crippen LogP contribution in [0.25, 0.3) is 0 Å². The summed E-state index contributed by atoms with van der Waals surface area (Å²) in [4.78, 5) is 42.7. The van der Waals surface area contributed by atoms with Crippen LogP contribution in [0.4, 0.5) is 5.69 Å². The minimum atomic E-state index is -0.661. The SMILES string of the molecule is CCc1ccccc1NC(=O)CN1CC[C@@H]2NC(=O)[C@H](Cc3ccccc3)NC(=O)C3(CC=CC[C@@H]2C1)CCOCC3. The number of fused-ring (bicyclic) bond motifs is 1. The Hall–Kier alpha value is -3.49. The predicted octanol–water partition coefficient (Wildman–Crippen LogP) is 3.87. The first-order chi connectivity index (χ1) is 20.5. The molecule has 8 heteroatoms. The van der Waals surface area contributed by atoms with Crippen molar-refractivity contribution in [3.05, 3.63) is 77.9 Å². The quantitative estimate of drug-likeness (QED) is 0.457. The van der Waals surface area contributed by atoms with E-state index in [0.29, 0.717) is 58.5 Å². The number of anilines is 1. The number of allylic oxidation sites excluding steroid dienone is 2. The van der Waals surface area contributed by atoms with Gasteiger partial charge in [0.1, 0.15) is 6.04 Å². The molecule has 2 aromatic rings. The van der Waals surface area contributed by atoms with E-state index >= 15 is 0 Å².